The summed E-state index contributed by atoms with van der Waals surface area (Å²) in [7, 11) is 0. The number of aromatic nitrogens is 1. The van der Waals surface area contributed by atoms with E-state index in [1.54, 1.807) is 25.3 Å². The highest BCUT2D eigenvalue weighted by Crippen LogP contribution is 2.08. The molecule has 0 spiro atoms. The van der Waals surface area contributed by atoms with Crippen LogP contribution in [-0.4, -0.2) is 16.1 Å². The van der Waals surface area contributed by atoms with Crippen LogP contribution in [0.2, 0.25) is 0 Å². The zero-order valence-corrected chi connectivity index (χ0v) is 7.40. The Bertz CT molecular complexity index is 295. The molecular weight excluding hydrogens is 168 g/mol. The lowest BCUT2D eigenvalue weighted by Gasteiger charge is -2.05. The third kappa shape index (κ3) is 2.74. The van der Waals surface area contributed by atoms with E-state index >= 15 is 0 Å². The summed E-state index contributed by atoms with van der Waals surface area (Å²) in [5.41, 5.74) is 6.28. The SMILES string of the molecule is C[C@@H](Cc1ccc(N)nc1)C(=O)O. The van der Waals surface area contributed by atoms with Gasteiger partial charge in [-0.05, 0) is 18.1 Å². The van der Waals surface area contributed by atoms with Crippen molar-refractivity contribution in [2.45, 2.75) is 13.3 Å². The Morgan fingerprint density at radius 1 is 1.69 bits per heavy atom. The van der Waals surface area contributed by atoms with Gasteiger partial charge < -0.3 is 10.8 Å². The van der Waals surface area contributed by atoms with Crippen LogP contribution >= 0.6 is 0 Å². The van der Waals surface area contributed by atoms with Gasteiger partial charge in [0.2, 0.25) is 0 Å². The zero-order valence-electron chi connectivity index (χ0n) is 7.40. The molecule has 4 nitrogen and oxygen atoms in total. The van der Waals surface area contributed by atoms with Gasteiger partial charge in [0.15, 0.2) is 0 Å². The minimum Gasteiger partial charge on any atom is -0.481 e. The van der Waals surface area contributed by atoms with Crippen LogP contribution in [0.4, 0.5) is 5.82 Å². The van der Waals surface area contributed by atoms with Gasteiger partial charge in [-0.2, -0.15) is 0 Å². The van der Waals surface area contributed by atoms with E-state index in [-0.39, 0.29) is 5.92 Å². The van der Waals surface area contributed by atoms with Gasteiger partial charge >= 0.3 is 5.97 Å². The summed E-state index contributed by atoms with van der Waals surface area (Å²) in [6.45, 7) is 1.67. The highest BCUT2D eigenvalue weighted by molar-refractivity contribution is 5.69. The van der Waals surface area contributed by atoms with Crippen LogP contribution in [-0.2, 0) is 11.2 Å². The molecule has 0 bridgehead atoms. The fourth-order valence-corrected chi connectivity index (χ4v) is 0.998. The summed E-state index contributed by atoms with van der Waals surface area (Å²) in [6.07, 6.45) is 2.09. The van der Waals surface area contributed by atoms with Crippen LogP contribution < -0.4 is 5.73 Å². The van der Waals surface area contributed by atoms with Crippen molar-refractivity contribution in [2.24, 2.45) is 5.92 Å². The average Bonchev–Trinajstić information content (AvgIpc) is 2.08. The summed E-state index contributed by atoms with van der Waals surface area (Å²) >= 11 is 0. The number of nitrogens with two attached hydrogens (primary N) is 1. The van der Waals surface area contributed by atoms with Gasteiger partial charge in [-0.25, -0.2) is 4.98 Å². The molecule has 1 aromatic heterocycles. The van der Waals surface area contributed by atoms with Gasteiger partial charge in [0, 0.05) is 6.20 Å². The van der Waals surface area contributed by atoms with Crippen molar-refractivity contribution in [2.75, 3.05) is 5.73 Å². The van der Waals surface area contributed by atoms with E-state index in [1.807, 2.05) is 0 Å². The van der Waals surface area contributed by atoms with Crippen molar-refractivity contribution in [3.8, 4) is 0 Å². The number of rotatable bonds is 3. The van der Waals surface area contributed by atoms with Crippen molar-refractivity contribution in [1.82, 2.24) is 4.98 Å². The summed E-state index contributed by atoms with van der Waals surface area (Å²) in [5.74, 6) is -0.728. The number of anilines is 1. The fourth-order valence-electron chi connectivity index (χ4n) is 0.998. The smallest absolute Gasteiger partial charge is 0.306 e. The number of carbonyl (C=O) groups is 1. The Hall–Kier alpha value is -1.58. The molecule has 70 valence electrons. The highest BCUT2D eigenvalue weighted by Gasteiger charge is 2.11. The molecule has 1 rings (SSSR count). The molecule has 0 amide bonds. The monoisotopic (exact) mass is 180 g/mol. The van der Waals surface area contributed by atoms with Crippen molar-refractivity contribution in [1.29, 1.82) is 0 Å². The van der Waals surface area contributed by atoms with E-state index in [0.717, 1.165) is 5.56 Å². The third-order valence-electron chi connectivity index (χ3n) is 1.81. The van der Waals surface area contributed by atoms with Crippen LogP contribution in [0.15, 0.2) is 18.3 Å². The number of hydrogen-bond donors (Lipinski definition) is 2. The molecule has 1 heterocycles. The van der Waals surface area contributed by atoms with Crippen LogP contribution in [0.1, 0.15) is 12.5 Å². The maximum atomic E-state index is 10.5. The van der Waals surface area contributed by atoms with Crippen LogP contribution in [0.5, 0.6) is 0 Å². The predicted molar refractivity (Wildman–Crippen MR) is 49.2 cm³/mol. The zero-order chi connectivity index (χ0) is 9.84. The maximum absolute atomic E-state index is 10.5. The second kappa shape index (κ2) is 3.89. The van der Waals surface area contributed by atoms with Crippen LogP contribution in [0.25, 0.3) is 0 Å². The second-order valence-corrected chi connectivity index (χ2v) is 3.03. The minimum atomic E-state index is -0.795. The molecule has 0 aliphatic rings. The van der Waals surface area contributed by atoms with E-state index < -0.39 is 5.97 Å². The van der Waals surface area contributed by atoms with Crippen LogP contribution in [0.3, 0.4) is 0 Å². The Labute approximate surface area is 76.4 Å². The largest absolute Gasteiger partial charge is 0.481 e. The van der Waals surface area contributed by atoms with Crippen molar-refractivity contribution in [3.63, 3.8) is 0 Å². The number of nitrogen functional groups attached to an aromatic ring is 1. The Morgan fingerprint density at radius 3 is 2.85 bits per heavy atom. The number of aliphatic carboxylic acids is 1. The summed E-state index contributed by atoms with van der Waals surface area (Å²) in [5, 5.41) is 8.65. The lowest BCUT2D eigenvalue weighted by atomic mass is 10.0. The molecule has 1 aromatic rings. The minimum absolute atomic E-state index is 0.384. The Morgan fingerprint density at radius 2 is 2.38 bits per heavy atom. The first-order chi connectivity index (χ1) is 6.09. The number of hydrogen-bond acceptors (Lipinski definition) is 3. The lowest BCUT2D eigenvalue weighted by Crippen LogP contribution is -2.12. The van der Waals surface area contributed by atoms with Gasteiger partial charge in [-0.1, -0.05) is 13.0 Å². The van der Waals surface area contributed by atoms with E-state index in [0.29, 0.717) is 12.2 Å². The molecule has 0 saturated heterocycles. The Kier molecular flexibility index (Phi) is 2.84. The molecule has 1 atom stereocenters. The number of pyridine rings is 1. The molecule has 0 aromatic carbocycles. The molecule has 0 radical (unpaired) electrons. The molecular formula is C9H12N2O2. The van der Waals surface area contributed by atoms with Crippen molar-refractivity contribution in [3.05, 3.63) is 23.9 Å². The normalized spacial score (nSPS) is 12.4. The molecule has 0 unspecified atom stereocenters. The van der Waals surface area contributed by atoms with Gasteiger partial charge in [0.25, 0.3) is 0 Å². The van der Waals surface area contributed by atoms with E-state index in [1.165, 1.54) is 0 Å². The van der Waals surface area contributed by atoms with Gasteiger partial charge in [-0.3, -0.25) is 4.79 Å². The Balaban J connectivity index is 2.64. The molecule has 4 heteroatoms. The van der Waals surface area contributed by atoms with Gasteiger partial charge in [-0.15, -0.1) is 0 Å². The van der Waals surface area contributed by atoms with Gasteiger partial charge in [0.05, 0.1) is 5.92 Å². The van der Waals surface area contributed by atoms with Crippen LogP contribution in [0, 0.1) is 5.92 Å². The summed E-state index contributed by atoms with van der Waals surface area (Å²) in [6, 6.07) is 3.46. The topological polar surface area (TPSA) is 76.2 Å². The molecule has 3 N–H and O–H groups in total. The standard InChI is InChI=1S/C9H12N2O2/c1-6(9(12)13)4-7-2-3-8(10)11-5-7/h2-3,5-6H,4H2,1H3,(H2,10,11)(H,12,13)/t6-/m0/s1. The molecule has 0 aliphatic carbocycles. The van der Waals surface area contributed by atoms with Gasteiger partial charge in [0.1, 0.15) is 5.82 Å². The first-order valence-corrected chi connectivity index (χ1v) is 4.03. The molecule has 13 heavy (non-hydrogen) atoms. The molecule has 0 saturated carbocycles. The first kappa shape index (κ1) is 9.51. The molecule has 0 fully saturated rings. The quantitative estimate of drug-likeness (QED) is 0.725. The number of nitrogens with zero attached hydrogens (tertiary/aromatic N) is 1. The van der Waals surface area contributed by atoms with E-state index in [2.05, 4.69) is 4.98 Å². The maximum Gasteiger partial charge on any atom is 0.306 e. The van der Waals surface area contributed by atoms with Crippen molar-refractivity contribution >= 4 is 11.8 Å². The molecule has 0 aliphatic heterocycles. The summed E-state index contributed by atoms with van der Waals surface area (Å²) in [4.78, 5) is 14.4. The second-order valence-electron chi connectivity index (χ2n) is 3.03. The van der Waals surface area contributed by atoms with E-state index in [9.17, 15) is 4.79 Å². The third-order valence-corrected chi connectivity index (χ3v) is 1.81. The highest BCUT2D eigenvalue weighted by atomic mass is 16.4. The first-order valence-electron chi connectivity index (χ1n) is 4.03. The van der Waals surface area contributed by atoms with E-state index in [4.69, 9.17) is 10.8 Å². The fraction of sp³-hybridized carbons (Fsp3) is 0.333. The van der Waals surface area contributed by atoms with Crippen molar-refractivity contribution < 1.29 is 9.90 Å². The average molecular weight is 180 g/mol. The lowest BCUT2D eigenvalue weighted by molar-refractivity contribution is -0.141. The number of carboxylic acids is 1. The number of carboxylic acid groups (broad SMARTS) is 1. The predicted octanol–water partition coefficient (Wildman–Crippen LogP) is 0.927. The summed E-state index contributed by atoms with van der Waals surface area (Å²) < 4.78 is 0.